The third kappa shape index (κ3) is 4.74. The van der Waals surface area contributed by atoms with Crippen LogP contribution < -0.4 is 4.74 Å². The monoisotopic (exact) mass is 298 g/mol. The highest BCUT2D eigenvalue weighted by atomic mass is 16.5. The van der Waals surface area contributed by atoms with Crippen LogP contribution in [0, 0.1) is 6.92 Å². The molecule has 0 bridgehead atoms. The van der Waals surface area contributed by atoms with E-state index in [-0.39, 0.29) is 18.6 Å². The summed E-state index contributed by atoms with van der Waals surface area (Å²) >= 11 is 0. The zero-order chi connectivity index (χ0) is 15.9. The van der Waals surface area contributed by atoms with Crippen LogP contribution in [-0.4, -0.2) is 16.9 Å². The van der Waals surface area contributed by atoms with Crippen LogP contribution in [0.3, 0.4) is 0 Å². The first-order chi connectivity index (χ1) is 10.5. The maximum Gasteiger partial charge on any atom is 0.303 e. The predicted octanol–water partition coefficient (Wildman–Crippen LogP) is 3.62. The average molecular weight is 298 g/mol. The van der Waals surface area contributed by atoms with Gasteiger partial charge in [-0.15, -0.1) is 0 Å². The average Bonchev–Trinajstić information content (AvgIpc) is 2.51. The lowest BCUT2D eigenvalue weighted by atomic mass is 10.1. The Morgan fingerprint density at radius 1 is 1.05 bits per heavy atom. The minimum absolute atomic E-state index is 0.0127. The second-order valence-electron chi connectivity index (χ2n) is 5.12. The van der Waals surface area contributed by atoms with Crippen LogP contribution in [0.4, 0.5) is 0 Å². The van der Waals surface area contributed by atoms with Crippen LogP contribution in [0.2, 0.25) is 0 Å². The van der Waals surface area contributed by atoms with Gasteiger partial charge in [0, 0.05) is 12.0 Å². The number of Topliss-reactive ketones (excluding diaryl/α,β-unsaturated/α-hetero) is 1. The number of carbonyl (C=O) groups excluding carboxylic acids is 1. The maximum absolute atomic E-state index is 11.8. The first-order valence-corrected chi connectivity index (χ1v) is 7.08. The molecule has 0 aliphatic heterocycles. The molecule has 0 saturated heterocycles. The second kappa shape index (κ2) is 7.41. The summed E-state index contributed by atoms with van der Waals surface area (Å²) in [6, 6.07) is 14.8. The Kier molecular flexibility index (Phi) is 5.31. The third-order valence-electron chi connectivity index (χ3n) is 3.23. The predicted molar refractivity (Wildman–Crippen MR) is 83.2 cm³/mol. The fourth-order valence-corrected chi connectivity index (χ4v) is 2.07. The molecule has 22 heavy (non-hydrogen) atoms. The maximum atomic E-state index is 11.8. The van der Waals surface area contributed by atoms with E-state index in [2.05, 4.69) is 6.07 Å². The lowest BCUT2D eigenvalue weighted by Crippen LogP contribution is -2.03. The van der Waals surface area contributed by atoms with Crippen LogP contribution in [0.25, 0.3) is 0 Å². The Labute approximate surface area is 129 Å². The summed E-state index contributed by atoms with van der Waals surface area (Å²) < 4.78 is 5.67. The van der Waals surface area contributed by atoms with Gasteiger partial charge >= 0.3 is 5.97 Å². The zero-order valence-corrected chi connectivity index (χ0v) is 12.4. The minimum atomic E-state index is -0.966. The van der Waals surface area contributed by atoms with E-state index in [0.717, 1.165) is 5.56 Å². The first kappa shape index (κ1) is 15.8. The van der Waals surface area contributed by atoms with Gasteiger partial charge < -0.3 is 9.84 Å². The Bertz CT molecular complexity index is 659. The first-order valence-electron chi connectivity index (χ1n) is 7.08. The molecule has 0 fully saturated rings. The van der Waals surface area contributed by atoms with E-state index in [4.69, 9.17) is 9.84 Å². The summed E-state index contributed by atoms with van der Waals surface area (Å²) in [5.74, 6) is -0.463. The molecule has 0 aromatic heterocycles. The third-order valence-corrected chi connectivity index (χ3v) is 3.23. The Hall–Kier alpha value is -2.62. The molecule has 0 amide bonds. The normalized spacial score (nSPS) is 10.2. The largest absolute Gasteiger partial charge is 0.489 e. The molecule has 4 nitrogen and oxygen atoms in total. The van der Waals surface area contributed by atoms with Gasteiger partial charge in [-0.3, -0.25) is 9.59 Å². The molecule has 0 atom stereocenters. The number of carboxylic acid groups (broad SMARTS) is 1. The molecule has 114 valence electrons. The van der Waals surface area contributed by atoms with Crippen molar-refractivity contribution in [3.63, 3.8) is 0 Å². The van der Waals surface area contributed by atoms with Gasteiger partial charge in [-0.25, -0.2) is 0 Å². The lowest BCUT2D eigenvalue weighted by Gasteiger charge is -2.07. The van der Waals surface area contributed by atoms with Gasteiger partial charge in [-0.1, -0.05) is 29.8 Å². The molecule has 2 rings (SSSR count). The summed E-state index contributed by atoms with van der Waals surface area (Å²) in [4.78, 5) is 22.2. The van der Waals surface area contributed by atoms with Gasteiger partial charge in [0.25, 0.3) is 0 Å². The highest BCUT2D eigenvalue weighted by molar-refractivity contribution is 5.97. The van der Waals surface area contributed by atoms with Crippen molar-refractivity contribution >= 4 is 11.8 Å². The van der Waals surface area contributed by atoms with Crippen molar-refractivity contribution in [2.24, 2.45) is 0 Å². The van der Waals surface area contributed by atoms with Crippen LogP contribution in [0.15, 0.2) is 48.5 Å². The second-order valence-corrected chi connectivity index (χ2v) is 5.12. The van der Waals surface area contributed by atoms with Gasteiger partial charge in [0.05, 0.1) is 6.42 Å². The molecule has 1 N–H and O–H groups in total. The quantitative estimate of drug-likeness (QED) is 0.793. The molecule has 4 heteroatoms. The van der Waals surface area contributed by atoms with Crippen LogP contribution in [0.5, 0.6) is 5.75 Å². The number of aliphatic carboxylic acids is 1. The summed E-state index contributed by atoms with van der Waals surface area (Å²) in [6.07, 6.45) is -0.136. The summed E-state index contributed by atoms with van der Waals surface area (Å²) in [5, 5.41) is 8.58. The fraction of sp³-hybridized carbons (Fsp3) is 0.222. The highest BCUT2D eigenvalue weighted by Gasteiger charge is 2.08. The molecule has 0 saturated carbocycles. The minimum Gasteiger partial charge on any atom is -0.489 e. The number of hydrogen-bond acceptors (Lipinski definition) is 3. The topological polar surface area (TPSA) is 63.6 Å². The molecule has 0 heterocycles. The van der Waals surface area contributed by atoms with Gasteiger partial charge in [-0.2, -0.15) is 0 Å². The van der Waals surface area contributed by atoms with Crippen molar-refractivity contribution in [1.29, 1.82) is 0 Å². The Balaban J connectivity index is 1.91. The van der Waals surface area contributed by atoms with Crippen molar-refractivity contribution in [2.45, 2.75) is 26.4 Å². The highest BCUT2D eigenvalue weighted by Crippen LogP contribution is 2.16. The van der Waals surface area contributed by atoms with Crippen molar-refractivity contribution in [2.75, 3.05) is 0 Å². The molecule has 0 radical (unpaired) electrons. The van der Waals surface area contributed by atoms with Gasteiger partial charge in [0.2, 0.25) is 0 Å². The molecule has 2 aromatic rings. The number of carboxylic acids is 1. The number of benzene rings is 2. The summed E-state index contributed by atoms with van der Waals surface area (Å²) in [7, 11) is 0. The number of ketones is 1. The standard InChI is InChI=1S/C18H18O4/c1-13-3-2-4-14(11-13)12-22-16-7-5-15(6-8-16)17(19)9-10-18(20)21/h2-8,11H,9-10,12H2,1H3,(H,20,21). The van der Waals surface area contributed by atoms with Crippen molar-refractivity contribution in [1.82, 2.24) is 0 Å². The molecular formula is C18H18O4. The SMILES string of the molecule is Cc1cccc(COc2ccc(C(=O)CCC(=O)O)cc2)c1. The van der Waals surface area contributed by atoms with E-state index in [1.165, 1.54) is 5.56 Å². The summed E-state index contributed by atoms with van der Waals surface area (Å²) in [5.41, 5.74) is 2.77. The fourth-order valence-electron chi connectivity index (χ4n) is 2.07. The number of ether oxygens (including phenoxy) is 1. The molecule has 0 unspecified atom stereocenters. The van der Waals surface area contributed by atoms with E-state index in [9.17, 15) is 9.59 Å². The Morgan fingerprint density at radius 3 is 2.41 bits per heavy atom. The van der Waals surface area contributed by atoms with Crippen LogP contribution >= 0.6 is 0 Å². The molecule has 0 aliphatic carbocycles. The number of carbonyl (C=O) groups is 2. The summed E-state index contributed by atoms with van der Waals surface area (Å²) in [6.45, 7) is 2.50. The van der Waals surface area contributed by atoms with Gasteiger partial charge in [-0.05, 0) is 36.8 Å². The molecule has 0 aliphatic rings. The number of hydrogen-bond donors (Lipinski definition) is 1. The Morgan fingerprint density at radius 2 is 1.77 bits per heavy atom. The number of aryl methyl sites for hydroxylation is 1. The van der Waals surface area contributed by atoms with E-state index in [1.807, 2.05) is 25.1 Å². The molecular weight excluding hydrogens is 280 g/mol. The van der Waals surface area contributed by atoms with E-state index >= 15 is 0 Å². The van der Waals surface area contributed by atoms with E-state index in [0.29, 0.717) is 17.9 Å². The van der Waals surface area contributed by atoms with Gasteiger partial charge in [0.1, 0.15) is 12.4 Å². The molecule has 0 spiro atoms. The van der Waals surface area contributed by atoms with E-state index < -0.39 is 5.97 Å². The smallest absolute Gasteiger partial charge is 0.303 e. The van der Waals surface area contributed by atoms with Gasteiger partial charge in [0.15, 0.2) is 5.78 Å². The van der Waals surface area contributed by atoms with Crippen LogP contribution in [0.1, 0.15) is 34.3 Å². The number of rotatable bonds is 7. The molecule has 2 aromatic carbocycles. The van der Waals surface area contributed by atoms with Crippen molar-refractivity contribution < 1.29 is 19.4 Å². The van der Waals surface area contributed by atoms with Crippen molar-refractivity contribution in [3.8, 4) is 5.75 Å². The van der Waals surface area contributed by atoms with E-state index in [1.54, 1.807) is 24.3 Å². The zero-order valence-electron chi connectivity index (χ0n) is 12.4. The van der Waals surface area contributed by atoms with Crippen molar-refractivity contribution in [3.05, 3.63) is 65.2 Å². The lowest BCUT2D eigenvalue weighted by molar-refractivity contribution is -0.136. The van der Waals surface area contributed by atoms with Crippen LogP contribution in [-0.2, 0) is 11.4 Å².